The molecule has 0 fully saturated rings. The van der Waals surface area contributed by atoms with E-state index in [1.807, 2.05) is 24.3 Å². The molecule has 0 bridgehead atoms. The normalized spacial score (nSPS) is 15.8. The molecule has 0 saturated carbocycles. The number of aryl methyl sites for hydroxylation is 2. The highest BCUT2D eigenvalue weighted by Gasteiger charge is 2.20. The van der Waals surface area contributed by atoms with E-state index >= 15 is 0 Å². The summed E-state index contributed by atoms with van der Waals surface area (Å²) in [6, 6.07) is 14.0. The van der Waals surface area contributed by atoms with Gasteiger partial charge in [-0.05, 0) is 61.5 Å². The minimum Gasteiger partial charge on any atom is -0.486 e. The lowest BCUT2D eigenvalue weighted by atomic mass is 10.1. The lowest BCUT2D eigenvalue weighted by molar-refractivity contribution is 0.0939. The summed E-state index contributed by atoms with van der Waals surface area (Å²) < 4.78 is 11.6. The van der Waals surface area contributed by atoms with Gasteiger partial charge >= 0.3 is 0 Å². The molecular weight excluding hydrogens is 308 g/mol. The first kappa shape index (κ1) is 15.6. The summed E-state index contributed by atoms with van der Waals surface area (Å²) in [7, 11) is 0. The van der Waals surface area contributed by atoms with Gasteiger partial charge in [0, 0.05) is 5.69 Å². The summed E-state index contributed by atoms with van der Waals surface area (Å²) in [6.07, 6.45) is -0.0658. The van der Waals surface area contributed by atoms with Crippen molar-refractivity contribution < 1.29 is 9.47 Å². The number of hydrogen-bond acceptors (Lipinski definition) is 3. The van der Waals surface area contributed by atoms with Gasteiger partial charge in [-0.1, -0.05) is 18.2 Å². The van der Waals surface area contributed by atoms with Gasteiger partial charge in [0.2, 0.25) is 0 Å². The van der Waals surface area contributed by atoms with Crippen LogP contribution in [-0.2, 0) is 0 Å². The Morgan fingerprint density at radius 1 is 1.13 bits per heavy atom. The molecule has 1 aliphatic heterocycles. The van der Waals surface area contributed by atoms with Crippen LogP contribution < -0.4 is 20.1 Å². The van der Waals surface area contributed by atoms with Gasteiger partial charge in [-0.2, -0.15) is 0 Å². The quantitative estimate of drug-likeness (QED) is 0.845. The molecule has 3 rings (SSSR count). The third-order valence-corrected chi connectivity index (χ3v) is 3.78. The second-order valence-corrected chi connectivity index (χ2v) is 6.12. The molecule has 0 amide bonds. The van der Waals surface area contributed by atoms with E-state index in [1.165, 1.54) is 11.1 Å². The Bertz CT molecular complexity index is 698. The maximum absolute atomic E-state index is 5.90. The molecule has 2 aromatic rings. The smallest absolute Gasteiger partial charge is 0.170 e. The van der Waals surface area contributed by atoms with E-state index in [0.717, 1.165) is 17.2 Å². The first-order chi connectivity index (χ1) is 11.1. The van der Waals surface area contributed by atoms with E-state index < -0.39 is 0 Å². The van der Waals surface area contributed by atoms with Crippen molar-refractivity contribution in [2.75, 3.05) is 18.5 Å². The van der Waals surface area contributed by atoms with Gasteiger partial charge in [0.05, 0.1) is 6.54 Å². The van der Waals surface area contributed by atoms with Gasteiger partial charge in [0.1, 0.15) is 12.7 Å². The highest BCUT2D eigenvalue weighted by atomic mass is 32.1. The molecule has 5 heteroatoms. The monoisotopic (exact) mass is 328 g/mol. The number of thiocarbonyl (C=S) groups is 1. The molecule has 120 valence electrons. The number of benzene rings is 2. The molecule has 1 heterocycles. The zero-order chi connectivity index (χ0) is 16.2. The van der Waals surface area contributed by atoms with Crippen LogP contribution in [0.4, 0.5) is 5.69 Å². The number of anilines is 1. The first-order valence-corrected chi connectivity index (χ1v) is 8.02. The summed E-state index contributed by atoms with van der Waals surface area (Å²) in [4.78, 5) is 0. The summed E-state index contributed by atoms with van der Waals surface area (Å²) in [5.74, 6) is 1.57. The van der Waals surface area contributed by atoms with E-state index in [1.54, 1.807) is 0 Å². The summed E-state index contributed by atoms with van der Waals surface area (Å²) in [5.41, 5.74) is 3.40. The third kappa shape index (κ3) is 4.13. The third-order valence-electron chi connectivity index (χ3n) is 3.54. The van der Waals surface area contributed by atoms with Gasteiger partial charge in [-0.3, -0.25) is 0 Å². The van der Waals surface area contributed by atoms with Crippen LogP contribution in [0.1, 0.15) is 11.1 Å². The molecule has 1 atom stereocenters. The average molecular weight is 328 g/mol. The number of fused-ring (bicyclic) bond motifs is 1. The molecule has 0 saturated heterocycles. The summed E-state index contributed by atoms with van der Waals surface area (Å²) in [5, 5.41) is 6.97. The Balaban J connectivity index is 1.52. The highest BCUT2D eigenvalue weighted by molar-refractivity contribution is 7.80. The molecule has 0 radical (unpaired) electrons. The number of hydrogen-bond donors (Lipinski definition) is 2. The van der Waals surface area contributed by atoms with Crippen molar-refractivity contribution in [2.24, 2.45) is 0 Å². The zero-order valence-corrected chi connectivity index (χ0v) is 14.1. The van der Waals surface area contributed by atoms with Gasteiger partial charge in [0.15, 0.2) is 16.6 Å². The van der Waals surface area contributed by atoms with Crippen LogP contribution in [0.3, 0.4) is 0 Å². The maximum Gasteiger partial charge on any atom is 0.170 e. The van der Waals surface area contributed by atoms with Crippen molar-refractivity contribution in [1.29, 1.82) is 0 Å². The molecule has 0 aromatic heterocycles. The Kier molecular flexibility index (Phi) is 4.67. The largest absolute Gasteiger partial charge is 0.486 e. The molecule has 0 unspecified atom stereocenters. The molecule has 2 aromatic carbocycles. The minimum absolute atomic E-state index is 0.0658. The first-order valence-electron chi connectivity index (χ1n) is 7.62. The lowest BCUT2D eigenvalue weighted by Crippen LogP contribution is -2.42. The van der Waals surface area contributed by atoms with E-state index in [4.69, 9.17) is 21.7 Å². The fourth-order valence-electron chi connectivity index (χ4n) is 2.59. The summed E-state index contributed by atoms with van der Waals surface area (Å²) >= 11 is 5.35. The number of rotatable bonds is 3. The van der Waals surface area contributed by atoms with Crippen LogP contribution in [0.5, 0.6) is 11.5 Å². The fraction of sp³-hybridized carbons (Fsp3) is 0.278. The Morgan fingerprint density at radius 2 is 1.83 bits per heavy atom. The summed E-state index contributed by atoms with van der Waals surface area (Å²) in [6.45, 7) is 5.24. The van der Waals surface area contributed by atoms with Gasteiger partial charge in [0.25, 0.3) is 0 Å². The number of para-hydroxylation sites is 2. The molecule has 4 nitrogen and oxygen atoms in total. The van der Waals surface area contributed by atoms with Crippen molar-refractivity contribution in [3.63, 3.8) is 0 Å². The Labute approximate surface area is 141 Å². The SMILES string of the molecule is Cc1cc(C)cc(NC(=S)NC[C@@H]2COc3ccccc3O2)c1. The van der Waals surface area contributed by atoms with Crippen LogP contribution >= 0.6 is 12.2 Å². The van der Waals surface area contributed by atoms with E-state index in [2.05, 4.69) is 42.7 Å². The van der Waals surface area contributed by atoms with Crippen molar-refractivity contribution in [1.82, 2.24) is 5.32 Å². The predicted octanol–water partition coefficient (Wildman–Crippen LogP) is 3.43. The Morgan fingerprint density at radius 3 is 2.57 bits per heavy atom. The van der Waals surface area contributed by atoms with Crippen LogP contribution in [0.25, 0.3) is 0 Å². The van der Waals surface area contributed by atoms with Crippen molar-refractivity contribution in [3.8, 4) is 11.5 Å². The zero-order valence-electron chi connectivity index (χ0n) is 13.3. The van der Waals surface area contributed by atoms with E-state index in [-0.39, 0.29) is 6.10 Å². The second-order valence-electron chi connectivity index (χ2n) is 5.71. The van der Waals surface area contributed by atoms with Gasteiger partial charge < -0.3 is 20.1 Å². The van der Waals surface area contributed by atoms with E-state index in [0.29, 0.717) is 18.3 Å². The molecule has 23 heavy (non-hydrogen) atoms. The van der Waals surface area contributed by atoms with Crippen molar-refractivity contribution in [2.45, 2.75) is 20.0 Å². The average Bonchev–Trinajstić information content (AvgIpc) is 2.52. The Hall–Kier alpha value is -2.27. The van der Waals surface area contributed by atoms with Crippen molar-refractivity contribution in [3.05, 3.63) is 53.6 Å². The highest BCUT2D eigenvalue weighted by Crippen LogP contribution is 2.30. The van der Waals surface area contributed by atoms with Gasteiger partial charge in [-0.15, -0.1) is 0 Å². The maximum atomic E-state index is 5.90. The standard InChI is InChI=1S/C18H20N2O2S/c1-12-7-13(2)9-14(8-12)20-18(23)19-10-15-11-21-16-5-3-4-6-17(16)22-15/h3-9,15H,10-11H2,1-2H3,(H2,19,20,23)/t15-/m1/s1. The van der Waals surface area contributed by atoms with Crippen LogP contribution in [0.15, 0.2) is 42.5 Å². The number of nitrogens with one attached hydrogen (secondary N) is 2. The second kappa shape index (κ2) is 6.87. The van der Waals surface area contributed by atoms with Crippen LogP contribution in [0.2, 0.25) is 0 Å². The molecular formula is C18H20N2O2S. The van der Waals surface area contributed by atoms with Gasteiger partial charge in [-0.25, -0.2) is 0 Å². The number of ether oxygens (including phenoxy) is 2. The molecule has 0 spiro atoms. The minimum atomic E-state index is -0.0658. The van der Waals surface area contributed by atoms with Crippen LogP contribution in [-0.4, -0.2) is 24.4 Å². The predicted molar refractivity (Wildman–Crippen MR) is 96.5 cm³/mol. The van der Waals surface area contributed by atoms with E-state index in [9.17, 15) is 0 Å². The fourth-order valence-corrected chi connectivity index (χ4v) is 2.79. The van der Waals surface area contributed by atoms with Crippen molar-refractivity contribution >= 4 is 23.0 Å². The molecule has 2 N–H and O–H groups in total. The van der Waals surface area contributed by atoms with Crippen LogP contribution in [0, 0.1) is 13.8 Å². The lowest BCUT2D eigenvalue weighted by Gasteiger charge is -2.27. The molecule has 0 aliphatic carbocycles. The molecule has 1 aliphatic rings. The topological polar surface area (TPSA) is 42.5 Å².